The molecule has 0 fully saturated rings. The molecule has 0 aliphatic heterocycles. The molecule has 0 amide bonds. The van der Waals surface area contributed by atoms with Crippen LogP contribution in [0.2, 0.25) is 0 Å². The fourth-order valence-electron chi connectivity index (χ4n) is 2.39. The third-order valence-corrected chi connectivity index (χ3v) is 4.09. The first-order valence-corrected chi connectivity index (χ1v) is 7.82. The van der Waals surface area contributed by atoms with Crippen LogP contribution in [0.25, 0.3) is 0 Å². The average molecular weight is 354 g/mol. The Kier molecular flexibility index (Phi) is 4.45. The highest BCUT2D eigenvalue weighted by atomic mass is 79.9. The van der Waals surface area contributed by atoms with Crippen molar-refractivity contribution in [3.8, 4) is 5.75 Å². The van der Waals surface area contributed by atoms with Crippen molar-refractivity contribution in [3.63, 3.8) is 0 Å². The summed E-state index contributed by atoms with van der Waals surface area (Å²) in [7, 11) is 1.68. The molecule has 3 heteroatoms. The fourth-order valence-corrected chi connectivity index (χ4v) is 2.85. The van der Waals surface area contributed by atoms with E-state index in [0.29, 0.717) is 0 Å². The van der Waals surface area contributed by atoms with E-state index in [9.17, 15) is 0 Å². The van der Waals surface area contributed by atoms with Crippen molar-refractivity contribution in [3.05, 3.63) is 83.3 Å². The van der Waals surface area contributed by atoms with Gasteiger partial charge in [0.25, 0.3) is 0 Å². The quantitative estimate of drug-likeness (QED) is 0.576. The minimum atomic E-state index is 0.838. The summed E-state index contributed by atoms with van der Waals surface area (Å²) in [5.41, 5.74) is 3.24. The smallest absolute Gasteiger partial charge is 0.120 e. The number of nitrogens with zero attached hydrogens (tertiary/aromatic N) is 1. The van der Waals surface area contributed by atoms with Crippen LogP contribution in [0.1, 0.15) is 0 Å². The van der Waals surface area contributed by atoms with E-state index in [0.717, 1.165) is 27.3 Å². The zero-order valence-electron chi connectivity index (χ0n) is 12.2. The molecule has 3 aromatic rings. The second-order valence-electron chi connectivity index (χ2n) is 4.82. The molecule has 0 spiro atoms. The van der Waals surface area contributed by atoms with Gasteiger partial charge in [0.05, 0.1) is 12.8 Å². The van der Waals surface area contributed by atoms with Crippen LogP contribution in [0.5, 0.6) is 5.75 Å². The molecule has 0 unspecified atom stereocenters. The molecule has 3 rings (SSSR count). The number of benzene rings is 3. The Bertz CT molecular complexity index is 758. The van der Waals surface area contributed by atoms with Crippen molar-refractivity contribution in [1.82, 2.24) is 0 Å². The maximum Gasteiger partial charge on any atom is 0.120 e. The maximum absolute atomic E-state index is 5.37. The predicted molar refractivity (Wildman–Crippen MR) is 95.4 cm³/mol. The number of anilines is 3. The molecule has 0 heterocycles. The minimum Gasteiger partial charge on any atom is -0.497 e. The van der Waals surface area contributed by atoms with Crippen LogP contribution >= 0.6 is 15.9 Å². The zero-order chi connectivity index (χ0) is 15.4. The van der Waals surface area contributed by atoms with E-state index in [2.05, 4.69) is 45.1 Å². The highest BCUT2D eigenvalue weighted by molar-refractivity contribution is 9.10. The number of rotatable bonds is 4. The molecule has 0 aliphatic carbocycles. The van der Waals surface area contributed by atoms with E-state index in [1.165, 1.54) is 0 Å². The highest BCUT2D eigenvalue weighted by Crippen LogP contribution is 2.39. The summed E-state index contributed by atoms with van der Waals surface area (Å²) in [4.78, 5) is 2.20. The molecule has 0 atom stereocenters. The molecule has 0 saturated heterocycles. The Morgan fingerprint density at radius 1 is 0.773 bits per heavy atom. The number of hydrogen-bond donors (Lipinski definition) is 0. The number of para-hydroxylation sites is 2. The molecule has 0 radical (unpaired) electrons. The monoisotopic (exact) mass is 353 g/mol. The van der Waals surface area contributed by atoms with Gasteiger partial charge in [-0.25, -0.2) is 0 Å². The summed E-state index contributed by atoms with van der Waals surface area (Å²) >= 11 is 3.65. The van der Waals surface area contributed by atoms with Crippen LogP contribution in [0, 0.1) is 0 Å². The summed E-state index contributed by atoms with van der Waals surface area (Å²) in [6, 6.07) is 26.6. The Labute approximate surface area is 139 Å². The lowest BCUT2D eigenvalue weighted by atomic mass is 10.2. The molecular formula is C19H16BrNO. The van der Waals surface area contributed by atoms with E-state index >= 15 is 0 Å². The topological polar surface area (TPSA) is 12.5 Å². The average Bonchev–Trinajstić information content (AvgIpc) is 2.58. The van der Waals surface area contributed by atoms with Crippen LogP contribution in [-0.2, 0) is 0 Å². The minimum absolute atomic E-state index is 0.838. The maximum atomic E-state index is 5.37. The molecule has 110 valence electrons. The van der Waals surface area contributed by atoms with Crippen LogP contribution in [0.4, 0.5) is 17.1 Å². The number of halogens is 1. The van der Waals surface area contributed by atoms with Crippen LogP contribution in [0.15, 0.2) is 83.3 Å². The van der Waals surface area contributed by atoms with Gasteiger partial charge in [-0.15, -0.1) is 0 Å². The first kappa shape index (κ1) is 14.7. The van der Waals surface area contributed by atoms with Crippen LogP contribution < -0.4 is 9.64 Å². The fraction of sp³-hybridized carbons (Fsp3) is 0.0526. The van der Waals surface area contributed by atoms with E-state index < -0.39 is 0 Å². The first-order chi connectivity index (χ1) is 10.8. The molecule has 0 bridgehead atoms. The van der Waals surface area contributed by atoms with Crippen molar-refractivity contribution in [2.45, 2.75) is 0 Å². The summed E-state index contributed by atoms with van der Waals surface area (Å²) in [6.07, 6.45) is 0. The standard InChI is InChI=1S/C19H16BrNO/c1-22-17-11-7-10-16(14-17)21(15-8-3-2-4-9-15)19-13-6-5-12-18(19)20/h2-14H,1H3. The summed E-state index contributed by atoms with van der Waals surface area (Å²) in [5, 5.41) is 0. The van der Waals surface area contributed by atoms with Crippen LogP contribution in [-0.4, -0.2) is 7.11 Å². The summed E-state index contributed by atoms with van der Waals surface area (Å²) in [6.45, 7) is 0. The van der Waals surface area contributed by atoms with Gasteiger partial charge in [0.2, 0.25) is 0 Å². The van der Waals surface area contributed by atoms with Gasteiger partial charge >= 0.3 is 0 Å². The molecule has 0 aromatic heterocycles. The molecule has 2 nitrogen and oxygen atoms in total. The van der Waals surface area contributed by atoms with E-state index in [1.807, 2.05) is 54.6 Å². The van der Waals surface area contributed by atoms with Crippen molar-refractivity contribution >= 4 is 33.0 Å². The van der Waals surface area contributed by atoms with Crippen molar-refractivity contribution < 1.29 is 4.74 Å². The zero-order valence-corrected chi connectivity index (χ0v) is 13.8. The molecule has 3 aromatic carbocycles. The second-order valence-corrected chi connectivity index (χ2v) is 5.68. The summed E-state index contributed by atoms with van der Waals surface area (Å²) in [5.74, 6) is 0.838. The number of methoxy groups -OCH3 is 1. The third kappa shape index (κ3) is 3.00. The number of ether oxygens (including phenoxy) is 1. The molecule has 0 saturated carbocycles. The second kappa shape index (κ2) is 6.67. The van der Waals surface area contributed by atoms with Crippen molar-refractivity contribution in [2.24, 2.45) is 0 Å². The highest BCUT2D eigenvalue weighted by Gasteiger charge is 2.14. The Balaban J connectivity index is 2.17. The lowest BCUT2D eigenvalue weighted by Crippen LogP contribution is -2.10. The van der Waals surface area contributed by atoms with E-state index in [4.69, 9.17) is 4.74 Å². The molecular weight excluding hydrogens is 338 g/mol. The van der Waals surface area contributed by atoms with Gasteiger partial charge in [-0.3, -0.25) is 0 Å². The normalized spacial score (nSPS) is 10.3. The van der Waals surface area contributed by atoms with Gasteiger partial charge in [-0.1, -0.05) is 36.4 Å². The van der Waals surface area contributed by atoms with E-state index in [-0.39, 0.29) is 0 Å². The van der Waals surface area contributed by atoms with Gasteiger partial charge in [0.15, 0.2) is 0 Å². The lowest BCUT2D eigenvalue weighted by molar-refractivity contribution is 0.415. The third-order valence-electron chi connectivity index (χ3n) is 3.42. The van der Waals surface area contributed by atoms with Gasteiger partial charge in [-0.2, -0.15) is 0 Å². The first-order valence-electron chi connectivity index (χ1n) is 7.03. The lowest BCUT2D eigenvalue weighted by Gasteiger charge is -2.26. The predicted octanol–water partition coefficient (Wildman–Crippen LogP) is 5.93. The van der Waals surface area contributed by atoms with Gasteiger partial charge < -0.3 is 9.64 Å². The van der Waals surface area contributed by atoms with Crippen molar-refractivity contribution in [1.29, 1.82) is 0 Å². The van der Waals surface area contributed by atoms with Crippen molar-refractivity contribution in [2.75, 3.05) is 12.0 Å². The van der Waals surface area contributed by atoms with Gasteiger partial charge in [-0.05, 0) is 52.3 Å². The SMILES string of the molecule is COc1cccc(N(c2ccccc2)c2ccccc2Br)c1. The van der Waals surface area contributed by atoms with Crippen LogP contribution in [0.3, 0.4) is 0 Å². The van der Waals surface area contributed by atoms with Gasteiger partial charge in [0, 0.05) is 21.9 Å². The Morgan fingerprint density at radius 3 is 2.18 bits per heavy atom. The molecule has 0 aliphatic rings. The van der Waals surface area contributed by atoms with Gasteiger partial charge in [0.1, 0.15) is 5.75 Å². The largest absolute Gasteiger partial charge is 0.497 e. The number of hydrogen-bond acceptors (Lipinski definition) is 2. The Hall–Kier alpha value is -2.26. The Morgan fingerprint density at radius 2 is 1.45 bits per heavy atom. The molecule has 0 N–H and O–H groups in total. The molecule has 22 heavy (non-hydrogen) atoms. The summed E-state index contributed by atoms with van der Waals surface area (Å²) < 4.78 is 6.41. The van der Waals surface area contributed by atoms with E-state index in [1.54, 1.807) is 7.11 Å².